The molecule has 0 saturated heterocycles. The van der Waals surface area contributed by atoms with E-state index < -0.39 is 0 Å². The highest BCUT2D eigenvalue weighted by Crippen LogP contribution is 2.11. The van der Waals surface area contributed by atoms with Gasteiger partial charge in [-0.15, -0.1) is 24.0 Å². The zero-order chi connectivity index (χ0) is 17.2. The number of aromatic nitrogens is 1. The van der Waals surface area contributed by atoms with Gasteiger partial charge in [-0.25, -0.2) is 4.98 Å². The minimum absolute atomic E-state index is 0. The normalized spacial score (nSPS) is 10.9. The summed E-state index contributed by atoms with van der Waals surface area (Å²) in [7, 11) is 0. The van der Waals surface area contributed by atoms with Crippen molar-refractivity contribution in [3.05, 3.63) is 63.9 Å². The second-order valence-corrected chi connectivity index (χ2v) is 6.13. The summed E-state index contributed by atoms with van der Waals surface area (Å²) in [6, 6.07) is 11.7. The molecule has 136 valence electrons. The van der Waals surface area contributed by atoms with Crippen molar-refractivity contribution >= 4 is 53.1 Å². The van der Waals surface area contributed by atoms with Crippen molar-refractivity contribution in [2.24, 2.45) is 4.99 Å². The minimum atomic E-state index is 0. The smallest absolute Gasteiger partial charge is 0.191 e. The van der Waals surface area contributed by atoms with Gasteiger partial charge in [0.25, 0.3) is 0 Å². The molecule has 0 aliphatic rings. The predicted molar refractivity (Wildman–Crippen MR) is 118 cm³/mol. The number of aliphatic imine (C=N–C) groups is 1. The van der Waals surface area contributed by atoms with E-state index in [1.165, 1.54) is 5.56 Å². The maximum atomic E-state index is 6.00. The summed E-state index contributed by atoms with van der Waals surface area (Å²) in [6.07, 6.45) is 3.52. The van der Waals surface area contributed by atoms with Crippen LogP contribution >= 0.6 is 47.2 Å². The molecule has 2 N–H and O–H groups in total. The summed E-state index contributed by atoms with van der Waals surface area (Å²) < 4.78 is 0. The van der Waals surface area contributed by atoms with Crippen LogP contribution in [0.1, 0.15) is 18.1 Å². The van der Waals surface area contributed by atoms with E-state index in [1.807, 2.05) is 24.3 Å². The molecule has 1 aromatic carbocycles. The lowest BCUT2D eigenvalue weighted by molar-refractivity contribution is 0.795. The Morgan fingerprint density at radius 3 is 2.60 bits per heavy atom. The highest BCUT2D eigenvalue weighted by molar-refractivity contribution is 14.0. The quantitative estimate of drug-likeness (QED) is 0.261. The number of halogens is 3. The molecule has 0 spiro atoms. The molecule has 0 radical (unpaired) electrons. The number of hydrogen-bond acceptors (Lipinski definition) is 2. The van der Waals surface area contributed by atoms with Crippen molar-refractivity contribution < 1.29 is 0 Å². The van der Waals surface area contributed by atoms with E-state index in [-0.39, 0.29) is 24.0 Å². The molecule has 0 unspecified atom stereocenters. The molecule has 0 saturated carbocycles. The number of hydrogen-bond donors (Lipinski definition) is 2. The third-order valence-electron chi connectivity index (χ3n) is 3.40. The van der Waals surface area contributed by atoms with Gasteiger partial charge in [-0.2, -0.15) is 0 Å². The van der Waals surface area contributed by atoms with Crippen molar-refractivity contribution in [1.82, 2.24) is 15.6 Å². The highest BCUT2D eigenvalue weighted by atomic mass is 127. The monoisotopic (exact) mass is 492 g/mol. The highest BCUT2D eigenvalue weighted by Gasteiger charge is 1.99. The summed E-state index contributed by atoms with van der Waals surface area (Å²) in [5.74, 6) is 0.821. The first kappa shape index (κ1) is 22.0. The molecule has 0 aliphatic heterocycles. The van der Waals surface area contributed by atoms with E-state index in [9.17, 15) is 0 Å². The van der Waals surface area contributed by atoms with Crippen molar-refractivity contribution in [2.45, 2.75) is 19.8 Å². The maximum Gasteiger partial charge on any atom is 0.191 e. The van der Waals surface area contributed by atoms with E-state index in [1.54, 1.807) is 12.3 Å². The van der Waals surface area contributed by atoms with Gasteiger partial charge in [0.05, 0.1) is 0 Å². The lowest BCUT2D eigenvalue weighted by atomic mass is 10.1. The molecule has 1 aromatic heterocycles. The Morgan fingerprint density at radius 1 is 1.08 bits per heavy atom. The summed E-state index contributed by atoms with van der Waals surface area (Å²) in [6.45, 7) is 4.37. The van der Waals surface area contributed by atoms with Crippen LogP contribution in [0.5, 0.6) is 0 Å². The van der Waals surface area contributed by atoms with Crippen LogP contribution in [0.3, 0.4) is 0 Å². The molecule has 2 rings (SSSR count). The van der Waals surface area contributed by atoms with Gasteiger partial charge in [0, 0.05) is 30.9 Å². The average molecular weight is 493 g/mol. The molecular weight excluding hydrogens is 470 g/mol. The summed E-state index contributed by atoms with van der Waals surface area (Å²) in [5.41, 5.74) is 2.33. The zero-order valence-electron chi connectivity index (χ0n) is 14.1. The lowest BCUT2D eigenvalue weighted by Crippen LogP contribution is -2.38. The number of guanidine groups is 1. The predicted octanol–water partition coefficient (Wildman–Crippen LogP) is 4.35. The van der Waals surface area contributed by atoms with E-state index in [2.05, 4.69) is 33.6 Å². The maximum absolute atomic E-state index is 6.00. The Bertz CT molecular complexity index is 662. The van der Waals surface area contributed by atoms with Crippen LogP contribution in [0.4, 0.5) is 0 Å². The number of pyridine rings is 1. The first-order valence-corrected chi connectivity index (χ1v) is 8.80. The van der Waals surface area contributed by atoms with Crippen molar-refractivity contribution in [3.8, 4) is 0 Å². The molecule has 0 atom stereocenters. The second kappa shape index (κ2) is 12.3. The molecular formula is C18H23Cl2IN4. The van der Waals surface area contributed by atoms with Crippen molar-refractivity contribution in [3.63, 3.8) is 0 Å². The Hall–Kier alpha value is -1.05. The van der Waals surface area contributed by atoms with Gasteiger partial charge in [-0.05, 0) is 49.1 Å². The molecule has 0 aliphatic carbocycles. The molecule has 0 amide bonds. The molecule has 25 heavy (non-hydrogen) atoms. The SMILES string of the molecule is CCNC(=NCCc1cccc(Cl)c1)NCCc1ccc(Cl)nc1.I. The van der Waals surface area contributed by atoms with Gasteiger partial charge in [-0.1, -0.05) is 41.4 Å². The van der Waals surface area contributed by atoms with Gasteiger partial charge < -0.3 is 10.6 Å². The number of benzene rings is 1. The Labute approximate surface area is 176 Å². The first-order chi connectivity index (χ1) is 11.7. The number of nitrogens with one attached hydrogen (secondary N) is 2. The standard InChI is InChI=1S/C18H22Cl2N4.HI/c1-2-21-18(22-10-8-14-4-3-5-16(19)12-14)23-11-9-15-6-7-17(20)24-13-15;/h3-7,12-13H,2,8-11H2,1H3,(H2,21,22,23);1H. The zero-order valence-corrected chi connectivity index (χ0v) is 18.0. The van der Waals surface area contributed by atoms with Gasteiger partial charge >= 0.3 is 0 Å². The fourth-order valence-electron chi connectivity index (χ4n) is 2.21. The van der Waals surface area contributed by atoms with E-state index in [0.29, 0.717) is 11.7 Å². The third-order valence-corrected chi connectivity index (χ3v) is 3.86. The average Bonchev–Trinajstić information content (AvgIpc) is 2.57. The largest absolute Gasteiger partial charge is 0.357 e. The Morgan fingerprint density at radius 2 is 1.92 bits per heavy atom. The van der Waals surface area contributed by atoms with Gasteiger partial charge in [-0.3, -0.25) is 4.99 Å². The van der Waals surface area contributed by atoms with Crippen LogP contribution in [0, 0.1) is 0 Å². The van der Waals surface area contributed by atoms with Gasteiger partial charge in [0.2, 0.25) is 0 Å². The fraction of sp³-hybridized carbons (Fsp3) is 0.333. The molecule has 4 nitrogen and oxygen atoms in total. The van der Waals surface area contributed by atoms with Crippen LogP contribution < -0.4 is 10.6 Å². The van der Waals surface area contributed by atoms with Gasteiger partial charge in [0.1, 0.15) is 5.15 Å². The lowest BCUT2D eigenvalue weighted by Gasteiger charge is -2.11. The second-order valence-electron chi connectivity index (χ2n) is 5.31. The van der Waals surface area contributed by atoms with Crippen molar-refractivity contribution in [1.29, 1.82) is 0 Å². The fourth-order valence-corrected chi connectivity index (χ4v) is 2.54. The molecule has 0 bridgehead atoms. The minimum Gasteiger partial charge on any atom is -0.357 e. The third kappa shape index (κ3) is 8.74. The number of rotatable bonds is 7. The molecule has 0 fully saturated rings. The van der Waals surface area contributed by atoms with E-state index in [4.69, 9.17) is 23.2 Å². The van der Waals surface area contributed by atoms with E-state index in [0.717, 1.165) is 42.5 Å². The summed E-state index contributed by atoms with van der Waals surface area (Å²) in [5, 5.41) is 7.86. The van der Waals surface area contributed by atoms with E-state index >= 15 is 0 Å². The van der Waals surface area contributed by atoms with Crippen LogP contribution in [-0.2, 0) is 12.8 Å². The van der Waals surface area contributed by atoms with Crippen molar-refractivity contribution in [2.75, 3.05) is 19.6 Å². The van der Waals surface area contributed by atoms with Crippen LogP contribution in [0.15, 0.2) is 47.6 Å². The van der Waals surface area contributed by atoms with Crippen LogP contribution in [0.2, 0.25) is 10.2 Å². The van der Waals surface area contributed by atoms with Crippen LogP contribution in [0.25, 0.3) is 0 Å². The number of nitrogens with zero attached hydrogens (tertiary/aromatic N) is 2. The van der Waals surface area contributed by atoms with Crippen LogP contribution in [-0.4, -0.2) is 30.6 Å². The molecule has 1 heterocycles. The summed E-state index contributed by atoms with van der Waals surface area (Å²) >= 11 is 11.8. The molecule has 7 heteroatoms. The summed E-state index contributed by atoms with van der Waals surface area (Å²) in [4.78, 5) is 8.68. The first-order valence-electron chi connectivity index (χ1n) is 8.04. The van der Waals surface area contributed by atoms with Gasteiger partial charge in [0.15, 0.2) is 5.96 Å². The Kier molecular flexibility index (Phi) is 10.8. The Balaban J connectivity index is 0.00000312. The molecule has 2 aromatic rings. The topological polar surface area (TPSA) is 49.3 Å².